The van der Waals surface area contributed by atoms with E-state index in [9.17, 15) is 13.2 Å². The monoisotopic (exact) mass is 348 g/mol. The van der Waals surface area contributed by atoms with Gasteiger partial charge in [0.05, 0.1) is 7.11 Å². The Kier molecular flexibility index (Phi) is 5.58. The zero-order chi connectivity index (χ0) is 17.7. The largest absolute Gasteiger partial charge is 0.495 e. The average Bonchev–Trinajstić information content (AvgIpc) is 2.61. The number of nitrogens with one attached hydrogen (secondary N) is 2. The highest BCUT2D eigenvalue weighted by molar-refractivity contribution is 7.89. The molecule has 24 heavy (non-hydrogen) atoms. The van der Waals surface area contributed by atoms with Crippen molar-refractivity contribution in [1.82, 2.24) is 4.72 Å². The lowest BCUT2D eigenvalue weighted by Crippen LogP contribution is -2.20. The van der Waals surface area contributed by atoms with Gasteiger partial charge in [0.1, 0.15) is 10.6 Å². The van der Waals surface area contributed by atoms with Crippen molar-refractivity contribution in [3.63, 3.8) is 0 Å². The van der Waals surface area contributed by atoms with Crippen LogP contribution in [-0.2, 0) is 16.4 Å². The third kappa shape index (κ3) is 3.93. The highest BCUT2D eigenvalue weighted by atomic mass is 32.2. The second kappa shape index (κ2) is 7.46. The van der Waals surface area contributed by atoms with Crippen molar-refractivity contribution < 1.29 is 17.9 Å². The van der Waals surface area contributed by atoms with Crippen LogP contribution in [0.25, 0.3) is 0 Å². The first kappa shape index (κ1) is 18.0. The summed E-state index contributed by atoms with van der Waals surface area (Å²) in [6.07, 6.45) is 0.858. The van der Waals surface area contributed by atoms with E-state index in [2.05, 4.69) is 10.0 Å². The van der Waals surface area contributed by atoms with Crippen LogP contribution in [0.1, 0.15) is 22.8 Å². The van der Waals surface area contributed by atoms with Crippen LogP contribution >= 0.6 is 0 Å². The smallest absolute Gasteiger partial charge is 0.255 e. The van der Waals surface area contributed by atoms with E-state index in [0.29, 0.717) is 5.69 Å². The number of methoxy groups -OCH3 is 1. The first-order valence-corrected chi connectivity index (χ1v) is 8.91. The van der Waals surface area contributed by atoms with Gasteiger partial charge >= 0.3 is 0 Å². The molecular formula is C17H20N2O4S. The molecule has 0 aliphatic heterocycles. The van der Waals surface area contributed by atoms with E-state index in [1.54, 1.807) is 6.07 Å². The molecule has 2 aromatic carbocycles. The Labute approximate surface area is 141 Å². The fourth-order valence-corrected chi connectivity index (χ4v) is 3.13. The van der Waals surface area contributed by atoms with Gasteiger partial charge in [0.25, 0.3) is 5.91 Å². The maximum atomic E-state index is 12.4. The molecule has 6 nitrogen and oxygen atoms in total. The van der Waals surface area contributed by atoms with E-state index in [1.165, 1.54) is 32.4 Å². The Bertz CT molecular complexity index is 847. The number of anilines is 1. The Morgan fingerprint density at radius 3 is 2.54 bits per heavy atom. The second-order valence-corrected chi connectivity index (χ2v) is 6.94. The third-order valence-electron chi connectivity index (χ3n) is 3.58. The lowest BCUT2D eigenvalue weighted by Gasteiger charge is -2.11. The molecule has 0 radical (unpaired) electrons. The summed E-state index contributed by atoms with van der Waals surface area (Å²) in [5, 5.41) is 2.77. The fraction of sp³-hybridized carbons (Fsp3) is 0.235. The summed E-state index contributed by atoms with van der Waals surface area (Å²) in [6.45, 7) is 2.03. The average molecular weight is 348 g/mol. The van der Waals surface area contributed by atoms with Gasteiger partial charge < -0.3 is 10.1 Å². The molecule has 0 unspecified atom stereocenters. The van der Waals surface area contributed by atoms with E-state index in [1.807, 2.05) is 25.1 Å². The first-order valence-electron chi connectivity index (χ1n) is 7.43. The number of amides is 1. The van der Waals surface area contributed by atoms with Crippen molar-refractivity contribution in [3.05, 3.63) is 53.6 Å². The predicted octanol–water partition coefficient (Wildman–Crippen LogP) is 2.42. The lowest BCUT2D eigenvalue weighted by molar-refractivity contribution is 0.102. The molecule has 0 saturated carbocycles. The second-order valence-electron chi connectivity index (χ2n) is 5.08. The van der Waals surface area contributed by atoms with Crippen molar-refractivity contribution >= 4 is 21.6 Å². The molecule has 0 spiro atoms. The number of benzene rings is 2. The number of hydrogen-bond donors (Lipinski definition) is 2. The molecule has 7 heteroatoms. The molecule has 2 rings (SSSR count). The maximum Gasteiger partial charge on any atom is 0.255 e. The van der Waals surface area contributed by atoms with E-state index in [4.69, 9.17) is 4.74 Å². The fourth-order valence-electron chi connectivity index (χ4n) is 2.21. The highest BCUT2D eigenvalue weighted by Gasteiger charge is 2.20. The molecule has 0 heterocycles. The highest BCUT2D eigenvalue weighted by Crippen LogP contribution is 2.25. The van der Waals surface area contributed by atoms with Crippen LogP contribution in [0.2, 0.25) is 0 Å². The Balaban J connectivity index is 2.34. The molecule has 0 bridgehead atoms. The summed E-state index contributed by atoms with van der Waals surface area (Å²) in [7, 11) is -1.06. The molecular weight excluding hydrogens is 328 g/mol. The van der Waals surface area contributed by atoms with Gasteiger partial charge in [-0.3, -0.25) is 4.79 Å². The molecule has 2 aromatic rings. The Morgan fingerprint density at radius 2 is 1.92 bits per heavy atom. The van der Waals surface area contributed by atoms with Gasteiger partial charge in [-0.1, -0.05) is 19.1 Å². The standard InChI is InChI=1S/C17H20N2O4S/c1-4-12-6-5-7-14(10-12)19-17(20)13-8-9-15(23-3)16(11-13)24(21,22)18-2/h5-11,18H,4H2,1-3H3,(H,19,20). The normalized spacial score (nSPS) is 11.1. The van der Waals surface area contributed by atoms with Gasteiger partial charge in [-0.2, -0.15) is 0 Å². The summed E-state index contributed by atoms with van der Waals surface area (Å²) < 4.78 is 31.4. The maximum absolute atomic E-state index is 12.4. The van der Waals surface area contributed by atoms with Crippen LogP contribution in [0, 0.1) is 0 Å². The molecule has 0 aliphatic carbocycles. The number of rotatable bonds is 6. The minimum Gasteiger partial charge on any atom is -0.495 e. The van der Waals surface area contributed by atoms with E-state index in [-0.39, 0.29) is 16.2 Å². The molecule has 0 atom stereocenters. The minimum absolute atomic E-state index is 0.0811. The van der Waals surface area contributed by atoms with Crippen molar-refractivity contribution in [2.45, 2.75) is 18.2 Å². The molecule has 0 saturated heterocycles. The number of sulfonamides is 1. The lowest BCUT2D eigenvalue weighted by atomic mass is 10.1. The summed E-state index contributed by atoms with van der Waals surface area (Å²) in [6, 6.07) is 11.8. The number of carbonyl (C=O) groups excluding carboxylic acids is 1. The van der Waals surface area contributed by atoms with Gasteiger partial charge in [-0.05, 0) is 49.4 Å². The van der Waals surface area contributed by atoms with Crippen LogP contribution in [-0.4, -0.2) is 28.5 Å². The van der Waals surface area contributed by atoms with Crippen LogP contribution in [0.3, 0.4) is 0 Å². The van der Waals surface area contributed by atoms with E-state index in [0.717, 1.165) is 12.0 Å². The van der Waals surface area contributed by atoms with Gasteiger partial charge in [0, 0.05) is 11.3 Å². The number of hydrogen-bond acceptors (Lipinski definition) is 4. The van der Waals surface area contributed by atoms with Crippen LogP contribution in [0.5, 0.6) is 5.75 Å². The topological polar surface area (TPSA) is 84.5 Å². The molecule has 128 valence electrons. The van der Waals surface area contributed by atoms with Crippen LogP contribution in [0.15, 0.2) is 47.4 Å². The van der Waals surface area contributed by atoms with Gasteiger partial charge in [-0.25, -0.2) is 13.1 Å². The summed E-state index contributed by atoms with van der Waals surface area (Å²) in [5.74, 6) is -0.215. The van der Waals surface area contributed by atoms with Crippen molar-refractivity contribution in [1.29, 1.82) is 0 Å². The van der Waals surface area contributed by atoms with Crippen molar-refractivity contribution in [3.8, 4) is 5.75 Å². The SMILES string of the molecule is CCc1cccc(NC(=O)c2ccc(OC)c(S(=O)(=O)NC)c2)c1. The van der Waals surface area contributed by atoms with Crippen molar-refractivity contribution in [2.24, 2.45) is 0 Å². The zero-order valence-corrected chi connectivity index (χ0v) is 14.6. The van der Waals surface area contributed by atoms with Crippen LogP contribution < -0.4 is 14.8 Å². The number of aryl methyl sites for hydroxylation is 1. The molecule has 2 N–H and O–H groups in total. The number of carbonyl (C=O) groups is 1. The zero-order valence-electron chi connectivity index (χ0n) is 13.8. The quantitative estimate of drug-likeness (QED) is 0.840. The minimum atomic E-state index is -3.74. The van der Waals surface area contributed by atoms with Crippen LogP contribution in [0.4, 0.5) is 5.69 Å². The van der Waals surface area contributed by atoms with Gasteiger partial charge in [0.15, 0.2) is 0 Å². The third-order valence-corrected chi connectivity index (χ3v) is 5.01. The van der Waals surface area contributed by atoms with E-state index >= 15 is 0 Å². The predicted molar refractivity (Wildman–Crippen MR) is 93.0 cm³/mol. The van der Waals surface area contributed by atoms with E-state index < -0.39 is 15.9 Å². The van der Waals surface area contributed by atoms with Gasteiger partial charge in [0.2, 0.25) is 10.0 Å². The molecule has 0 aromatic heterocycles. The number of ether oxygens (including phenoxy) is 1. The van der Waals surface area contributed by atoms with Gasteiger partial charge in [-0.15, -0.1) is 0 Å². The molecule has 0 aliphatic rings. The molecule has 0 fully saturated rings. The summed E-state index contributed by atoms with van der Waals surface area (Å²) >= 11 is 0. The summed E-state index contributed by atoms with van der Waals surface area (Å²) in [5.41, 5.74) is 1.99. The first-order chi connectivity index (χ1) is 11.4. The van der Waals surface area contributed by atoms with Crippen molar-refractivity contribution in [2.75, 3.05) is 19.5 Å². The Morgan fingerprint density at radius 1 is 1.17 bits per heavy atom. The molecule has 1 amide bonds. The summed E-state index contributed by atoms with van der Waals surface area (Å²) in [4.78, 5) is 12.3. The Hall–Kier alpha value is -2.38.